The van der Waals surface area contributed by atoms with Crippen molar-refractivity contribution < 1.29 is 14.7 Å². The number of carbonyl (C=O) groups excluding carboxylic acids is 1. The third-order valence-corrected chi connectivity index (χ3v) is 3.24. The second-order valence-electron chi connectivity index (χ2n) is 4.54. The van der Waals surface area contributed by atoms with E-state index in [1.165, 1.54) is 18.2 Å². The molecule has 0 atom stereocenters. The number of halogens is 1. The highest BCUT2D eigenvalue weighted by Gasteiger charge is 2.13. The number of carboxylic acid groups (broad SMARTS) is 1. The number of nitrogens with zero attached hydrogens (tertiary/aromatic N) is 1. The summed E-state index contributed by atoms with van der Waals surface area (Å²) in [6.45, 7) is 3.60. The molecule has 0 radical (unpaired) electrons. The summed E-state index contributed by atoms with van der Waals surface area (Å²) in [5.74, 6) is -1.43. The van der Waals surface area contributed by atoms with Crippen LogP contribution in [0.4, 0.5) is 5.69 Å². The van der Waals surface area contributed by atoms with E-state index < -0.39 is 5.97 Å². The van der Waals surface area contributed by atoms with Gasteiger partial charge >= 0.3 is 5.97 Å². The van der Waals surface area contributed by atoms with Crippen molar-refractivity contribution in [1.29, 1.82) is 0 Å². The molecule has 0 aliphatic carbocycles. The number of carboxylic acids is 1. The van der Waals surface area contributed by atoms with Crippen LogP contribution < -0.4 is 5.32 Å². The van der Waals surface area contributed by atoms with Gasteiger partial charge in [0.1, 0.15) is 0 Å². The number of nitrogens with one attached hydrogen (secondary N) is 1. The van der Waals surface area contributed by atoms with Crippen molar-refractivity contribution in [2.24, 2.45) is 0 Å². The molecule has 2 N–H and O–H groups in total. The molecule has 0 spiro atoms. The van der Waals surface area contributed by atoms with Gasteiger partial charge < -0.3 is 10.4 Å². The van der Waals surface area contributed by atoms with Crippen LogP contribution in [-0.2, 0) is 0 Å². The van der Waals surface area contributed by atoms with Crippen LogP contribution >= 0.6 is 11.6 Å². The lowest BCUT2D eigenvalue weighted by Gasteiger charge is -2.09. The highest BCUT2D eigenvalue weighted by atomic mass is 35.5. The highest BCUT2D eigenvalue weighted by Crippen LogP contribution is 2.21. The van der Waals surface area contributed by atoms with Crippen LogP contribution in [0.15, 0.2) is 30.3 Å². The predicted molar refractivity (Wildman–Crippen MR) is 80.1 cm³/mol. The molecule has 2 rings (SSSR count). The lowest BCUT2D eigenvalue weighted by Crippen LogP contribution is -2.14. The number of pyridine rings is 1. The van der Waals surface area contributed by atoms with E-state index in [9.17, 15) is 9.59 Å². The average Bonchev–Trinajstić information content (AvgIpc) is 2.37. The zero-order chi connectivity index (χ0) is 15.6. The zero-order valence-corrected chi connectivity index (χ0v) is 12.2. The third kappa shape index (κ3) is 3.38. The molecule has 0 aliphatic heterocycles. The van der Waals surface area contributed by atoms with Crippen molar-refractivity contribution in [2.45, 2.75) is 13.8 Å². The molecule has 2 aromatic rings. The number of carbonyl (C=O) groups is 2. The van der Waals surface area contributed by atoms with Gasteiger partial charge in [0, 0.05) is 11.4 Å². The second kappa shape index (κ2) is 5.93. The van der Waals surface area contributed by atoms with Crippen molar-refractivity contribution in [3.63, 3.8) is 0 Å². The van der Waals surface area contributed by atoms with Gasteiger partial charge in [-0.25, -0.2) is 4.79 Å². The van der Waals surface area contributed by atoms with Gasteiger partial charge in [0.25, 0.3) is 5.91 Å². The number of hydrogen-bond acceptors (Lipinski definition) is 3. The molecule has 0 saturated heterocycles. The van der Waals surface area contributed by atoms with Crippen molar-refractivity contribution in [3.05, 3.63) is 57.9 Å². The number of benzene rings is 1. The molecule has 1 amide bonds. The lowest BCUT2D eigenvalue weighted by atomic mass is 10.1. The van der Waals surface area contributed by atoms with Gasteiger partial charge in [0.15, 0.2) is 0 Å². The summed E-state index contributed by atoms with van der Waals surface area (Å²) in [5, 5.41) is 11.6. The van der Waals surface area contributed by atoms with Crippen molar-refractivity contribution in [2.75, 3.05) is 5.32 Å². The van der Waals surface area contributed by atoms with Gasteiger partial charge in [0.2, 0.25) is 0 Å². The maximum absolute atomic E-state index is 12.2. The smallest absolute Gasteiger partial charge is 0.337 e. The van der Waals surface area contributed by atoms with Crippen LogP contribution in [0.1, 0.15) is 32.1 Å². The Morgan fingerprint density at radius 1 is 1.14 bits per heavy atom. The lowest BCUT2D eigenvalue weighted by molar-refractivity contribution is 0.0697. The van der Waals surface area contributed by atoms with E-state index in [1.54, 1.807) is 19.1 Å². The molecular weight excluding hydrogens is 292 g/mol. The van der Waals surface area contributed by atoms with Crippen LogP contribution in [0, 0.1) is 13.8 Å². The van der Waals surface area contributed by atoms with Gasteiger partial charge in [-0.1, -0.05) is 11.6 Å². The fraction of sp³-hybridized carbons (Fsp3) is 0.133. The summed E-state index contributed by atoms with van der Waals surface area (Å²) in [7, 11) is 0. The fourth-order valence-corrected chi connectivity index (χ4v) is 2.15. The Morgan fingerprint density at radius 3 is 2.38 bits per heavy atom. The summed E-state index contributed by atoms with van der Waals surface area (Å²) in [6, 6.07) is 7.69. The maximum Gasteiger partial charge on any atom is 0.337 e. The van der Waals surface area contributed by atoms with Crippen LogP contribution in [0.2, 0.25) is 5.02 Å². The van der Waals surface area contributed by atoms with Gasteiger partial charge in [-0.2, -0.15) is 0 Å². The first kappa shape index (κ1) is 15.0. The topological polar surface area (TPSA) is 79.3 Å². The molecule has 1 aromatic carbocycles. The van der Waals surface area contributed by atoms with Crippen LogP contribution in [-0.4, -0.2) is 22.0 Å². The number of rotatable bonds is 3. The molecular formula is C15H13ClN2O3. The largest absolute Gasteiger partial charge is 0.478 e. The first-order valence-corrected chi connectivity index (χ1v) is 6.54. The Kier molecular flexibility index (Phi) is 4.23. The van der Waals surface area contributed by atoms with E-state index in [1.807, 2.05) is 6.92 Å². The Labute approximate surface area is 126 Å². The predicted octanol–water partition coefficient (Wildman–Crippen LogP) is 3.30. The molecule has 21 heavy (non-hydrogen) atoms. The van der Waals surface area contributed by atoms with E-state index >= 15 is 0 Å². The Balaban J connectivity index is 2.23. The number of aromatic carboxylic acids is 1. The number of anilines is 1. The minimum atomic E-state index is -1.11. The van der Waals surface area contributed by atoms with Gasteiger partial charge in [-0.05, 0) is 44.2 Å². The van der Waals surface area contributed by atoms with E-state index in [0.717, 1.165) is 5.69 Å². The van der Waals surface area contributed by atoms with Crippen LogP contribution in [0.5, 0.6) is 0 Å². The van der Waals surface area contributed by atoms with Crippen molar-refractivity contribution >= 4 is 29.2 Å². The fourth-order valence-electron chi connectivity index (χ4n) is 1.89. The molecule has 1 heterocycles. The molecule has 108 valence electrons. The normalized spacial score (nSPS) is 10.2. The molecule has 0 aliphatic rings. The summed E-state index contributed by atoms with van der Waals surface area (Å²) < 4.78 is 0. The first-order chi connectivity index (χ1) is 9.88. The zero-order valence-electron chi connectivity index (χ0n) is 11.5. The van der Waals surface area contributed by atoms with Crippen LogP contribution in [0.25, 0.3) is 0 Å². The molecule has 0 bridgehead atoms. The van der Waals surface area contributed by atoms with Gasteiger partial charge in [-0.3, -0.25) is 9.78 Å². The van der Waals surface area contributed by atoms with Crippen molar-refractivity contribution in [1.82, 2.24) is 4.98 Å². The van der Waals surface area contributed by atoms with E-state index in [4.69, 9.17) is 16.7 Å². The van der Waals surface area contributed by atoms with E-state index in [0.29, 0.717) is 16.9 Å². The Morgan fingerprint density at radius 2 is 1.81 bits per heavy atom. The standard InChI is InChI=1S/C15H13ClN2O3/c1-8-3-5-11(9(2)17-8)14(19)18-10-4-6-12(15(20)21)13(16)7-10/h3-7H,1-2H3,(H,18,19)(H,20,21). The minimum Gasteiger partial charge on any atom is -0.478 e. The Hall–Kier alpha value is -2.40. The molecule has 0 saturated carbocycles. The summed E-state index contributed by atoms with van der Waals surface area (Å²) in [6.07, 6.45) is 0. The van der Waals surface area contributed by atoms with E-state index in [-0.39, 0.29) is 16.5 Å². The quantitative estimate of drug-likeness (QED) is 0.912. The molecule has 5 nitrogen and oxygen atoms in total. The second-order valence-corrected chi connectivity index (χ2v) is 4.95. The van der Waals surface area contributed by atoms with Gasteiger partial charge in [-0.15, -0.1) is 0 Å². The summed E-state index contributed by atoms with van der Waals surface area (Å²) >= 11 is 5.86. The van der Waals surface area contributed by atoms with Crippen LogP contribution in [0.3, 0.4) is 0 Å². The number of aromatic nitrogens is 1. The monoisotopic (exact) mass is 304 g/mol. The highest BCUT2D eigenvalue weighted by molar-refractivity contribution is 6.33. The Bertz CT molecular complexity index is 729. The molecule has 0 unspecified atom stereocenters. The summed E-state index contributed by atoms with van der Waals surface area (Å²) in [5.41, 5.74) is 2.33. The third-order valence-electron chi connectivity index (χ3n) is 2.93. The average molecular weight is 305 g/mol. The molecule has 6 heteroatoms. The van der Waals surface area contributed by atoms with Crippen molar-refractivity contribution in [3.8, 4) is 0 Å². The SMILES string of the molecule is Cc1ccc(C(=O)Nc2ccc(C(=O)O)c(Cl)c2)c(C)n1. The molecule has 1 aromatic heterocycles. The minimum absolute atomic E-state index is 0.0113. The van der Waals surface area contributed by atoms with E-state index in [2.05, 4.69) is 10.3 Å². The van der Waals surface area contributed by atoms with Gasteiger partial charge in [0.05, 0.1) is 21.8 Å². The summed E-state index contributed by atoms with van der Waals surface area (Å²) in [4.78, 5) is 27.3. The number of aryl methyl sites for hydroxylation is 2. The maximum atomic E-state index is 12.2. The number of hydrogen-bond donors (Lipinski definition) is 2. The first-order valence-electron chi connectivity index (χ1n) is 6.17. The molecule has 0 fully saturated rings. The number of amides is 1.